The van der Waals surface area contributed by atoms with Crippen molar-refractivity contribution in [2.45, 2.75) is 27.2 Å². The van der Waals surface area contributed by atoms with Gasteiger partial charge < -0.3 is 15.8 Å². The maximum absolute atomic E-state index is 11.9. The second kappa shape index (κ2) is 6.79. The molecule has 0 spiro atoms. The molecule has 1 rings (SSSR count). The maximum atomic E-state index is 11.9. The number of hydrogen-bond acceptors (Lipinski definition) is 3. The Morgan fingerprint density at radius 3 is 2.60 bits per heavy atom. The summed E-state index contributed by atoms with van der Waals surface area (Å²) in [5.41, 5.74) is 7.77. The summed E-state index contributed by atoms with van der Waals surface area (Å²) in [6.07, 6.45) is 0.897. The van der Waals surface area contributed by atoms with Crippen LogP contribution in [-0.2, 0) is 0 Å². The van der Waals surface area contributed by atoms with Crippen LogP contribution >= 0.6 is 0 Å². The molecule has 1 aromatic carbocycles. The molecule has 0 unspecified atom stereocenters. The van der Waals surface area contributed by atoms with Crippen molar-refractivity contribution in [2.24, 2.45) is 5.73 Å². The fraction of sp³-hybridized carbons (Fsp3) is 0.429. The summed E-state index contributed by atoms with van der Waals surface area (Å²) in [4.78, 5) is 13.1. The number of hydrogen-bond donors (Lipinski definition) is 3. The van der Waals surface area contributed by atoms with Gasteiger partial charge in [-0.2, -0.15) is 0 Å². The van der Waals surface area contributed by atoms with Crippen LogP contribution in [0.3, 0.4) is 0 Å². The fourth-order valence-electron chi connectivity index (χ4n) is 1.97. The summed E-state index contributed by atoms with van der Waals surface area (Å²) in [7, 11) is 1.50. The van der Waals surface area contributed by atoms with Gasteiger partial charge in [-0.05, 0) is 31.9 Å². The van der Waals surface area contributed by atoms with Gasteiger partial charge in [-0.25, -0.2) is 9.69 Å². The Kier molecular flexibility index (Phi) is 5.37. The van der Waals surface area contributed by atoms with E-state index in [1.54, 1.807) is 0 Å². The van der Waals surface area contributed by atoms with Gasteiger partial charge in [0.1, 0.15) is 5.75 Å². The van der Waals surface area contributed by atoms with Crippen LogP contribution in [0.25, 0.3) is 0 Å². The molecule has 2 amide bonds. The van der Waals surface area contributed by atoms with Gasteiger partial charge in [0.2, 0.25) is 5.96 Å². The van der Waals surface area contributed by atoms with Crippen LogP contribution < -0.4 is 20.7 Å². The van der Waals surface area contributed by atoms with Crippen molar-refractivity contribution in [1.82, 2.24) is 5.32 Å². The first-order valence-corrected chi connectivity index (χ1v) is 6.52. The number of nitrogens with one attached hydrogen (secondary N) is 2. The second-order valence-electron chi connectivity index (χ2n) is 4.48. The van der Waals surface area contributed by atoms with Crippen LogP contribution in [-0.4, -0.2) is 25.6 Å². The Morgan fingerprint density at radius 2 is 2.10 bits per heavy atom. The second-order valence-corrected chi connectivity index (χ2v) is 4.48. The lowest BCUT2D eigenvalue weighted by Gasteiger charge is -2.25. The van der Waals surface area contributed by atoms with E-state index < -0.39 is 6.03 Å². The van der Waals surface area contributed by atoms with Gasteiger partial charge in [0.25, 0.3) is 0 Å². The number of amides is 2. The molecule has 1 aromatic rings. The van der Waals surface area contributed by atoms with E-state index >= 15 is 0 Å². The number of nitrogens with two attached hydrogens (primary N) is 1. The highest BCUT2D eigenvalue weighted by Gasteiger charge is 2.23. The molecular weight excluding hydrogens is 256 g/mol. The molecule has 0 radical (unpaired) electrons. The van der Waals surface area contributed by atoms with Crippen LogP contribution in [0.5, 0.6) is 5.75 Å². The van der Waals surface area contributed by atoms with E-state index in [1.807, 2.05) is 32.9 Å². The summed E-state index contributed by atoms with van der Waals surface area (Å²) in [6, 6.07) is 3.27. The Labute approximate surface area is 119 Å². The van der Waals surface area contributed by atoms with E-state index in [9.17, 15) is 4.79 Å². The first-order chi connectivity index (χ1) is 9.43. The number of ether oxygens (including phenoxy) is 1. The van der Waals surface area contributed by atoms with E-state index in [0.29, 0.717) is 18.0 Å². The minimum atomic E-state index is -0.448. The van der Waals surface area contributed by atoms with Crippen molar-refractivity contribution in [3.8, 4) is 5.75 Å². The third-order valence-electron chi connectivity index (χ3n) is 2.93. The van der Waals surface area contributed by atoms with Crippen LogP contribution in [0, 0.1) is 19.3 Å². The van der Waals surface area contributed by atoms with Gasteiger partial charge in [-0.1, -0.05) is 13.0 Å². The average molecular weight is 278 g/mol. The van der Waals surface area contributed by atoms with E-state index in [1.165, 1.54) is 7.05 Å². The molecule has 6 nitrogen and oxygen atoms in total. The molecule has 0 heterocycles. The molecule has 0 aliphatic rings. The molecule has 0 aromatic heterocycles. The number of aryl methyl sites for hydroxylation is 1. The molecular formula is C14H22N4O2. The van der Waals surface area contributed by atoms with Gasteiger partial charge in [0.05, 0.1) is 12.3 Å². The first-order valence-electron chi connectivity index (χ1n) is 6.52. The summed E-state index contributed by atoms with van der Waals surface area (Å²) in [5, 5.41) is 10.1. The molecule has 0 aliphatic heterocycles. The molecule has 20 heavy (non-hydrogen) atoms. The fourth-order valence-corrected chi connectivity index (χ4v) is 1.97. The Morgan fingerprint density at radius 1 is 1.45 bits per heavy atom. The Hall–Kier alpha value is -2.24. The smallest absolute Gasteiger partial charge is 0.328 e. The predicted octanol–water partition coefficient (Wildman–Crippen LogP) is 2.13. The lowest BCUT2D eigenvalue weighted by atomic mass is 10.1. The van der Waals surface area contributed by atoms with Crippen molar-refractivity contribution >= 4 is 17.7 Å². The normalized spacial score (nSPS) is 10.0. The highest BCUT2D eigenvalue weighted by molar-refractivity contribution is 6.14. The minimum Gasteiger partial charge on any atom is -0.493 e. The van der Waals surface area contributed by atoms with E-state index in [2.05, 4.69) is 5.32 Å². The van der Waals surface area contributed by atoms with E-state index in [4.69, 9.17) is 15.9 Å². The zero-order valence-electron chi connectivity index (χ0n) is 12.4. The SMILES string of the molecule is CCCOc1ccc(C)c(N(C(=N)N)C(=O)NC)c1C. The molecule has 0 aliphatic carbocycles. The lowest BCUT2D eigenvalue weighted by Crippen LogP contribution is -2.46. The van der Waals surface area contributed by atoms with Crippen molar-refractivity contribution in [2.75, 3.05) is 18.6 Å². The third-order valence-corrected chi connectivity index (χ3v) is 2.93. The van der Waals surface area contributed by atoms with Gasteiger partial charge in [0, 0.05) is 12.6 Å². The maximum Gasteiger partial charge on any atom is 0.328 e. The molecule has 0 bridgehead atoms. The van der Waals surface area contributed by atoms with Crippen LogP contribution in [0.1, 0.15) is 24.5 Å². The monoisotopic (exact) mass is 278 g/mol. The number of carbonyl (C=O) groups excluding carboxylic acids is 1. The predicted molar refractivity (Wildman–Crippen MR) is 80.6 cm³/mol. The summed E-state index contributed by atoms with van der Waals surface area (Å²) in [5.74, 6) is 0.366. The highest BCUT2D eigenvalue weighted by Crippen LogP contribution is 2.32. The number of benzene rings is 1. The summed E-state index contributed by atoms with van der Waals surface area (Å²) in [6.45, 7) is 6.34. The molecule has 0 saturated heterocycles. The van der Waals surface area contributed by atoms with Crippen LogP contribution in [0.4, 0.5) is 10.5 Å². The molecule has 0 atom stereocenters. The molecule has 4 N–H and O–H groups in total. The first kappa shape index (κ1) is 15.8. The van der Waals surface area contributed by atoms with Gasteiger partial charge >= 0.3 is 6.03 Å². The van der Waals surface area contributed by atoms with Gasteiger partial charge in [-0.3, -0.25) is 5.41 Å². The average Bonchev–Trinajstić information content (AvgIpc) is 2.41. The molecule has 0 saturated carbocycles. The number of urea groups is 1. The zero-order chi connectivity index (χ0) is 15.3. The Bertz CT molecular complexity index is 514. The minimum absolute atomic E-state index is 0.330. The molecule has 0 fully saturated rings. The quantitative estimate of drug-likeness (QED) is 0.582. The number of carbonyl (C=O) groups is 1. The topological polar surface area (TPSA) is 91.4 Å². The van der Waals surface area contributed by atoms with E-state index in [-0.39, 0.29) is 5.96 Å². The highest BCUT2D eigenvalue weighted by atomic mass is 16.5. The summed E-state index contributed by atoms with van der Waals surface area (Å²) >= 11 is 0. The Balaban J connectivity index is 3.33. The van der Waals surface area contributed by atoms with Crippen molar-refractivity contribution < 1.29 is 9.53 Å². The zero-order valence-corrected chi connectivity index (χ0v) is 12.4. The van der Waals surface area contributed by atoms with Crippen molar-refractivity contribution in [1.29, 1.82) is 5.41 Å². The van der Waals surface area contributed by atoms with Gasteiger partial charge in [-0.15, -0.1) is 0 Å². The third kappa shape index (κ3) is 3.20. The van der Waals surface area contributed by atoms with Crippen LogP contribution in [0.2, 0.25) is 0 Å². The largest absolute Gasteiger partial charge is 0.493 e. The number of anilines is 1. The number of nitrogens with zero attached hydrogens (tertiary/aromatic N) is 1. The standard InChI is InChI=1S/C14H22N4O2/c1-5-8-20-11-7-6-9(2)12(10(11)3)18(13(15)16)14(19)17-4/h6-7H,5,8H2,1-4H3,(H3,15,16)(H,17,19). The summed E-state index contributed by atoms with van der Waals surface area (Å²) < 4.78 is 5.66. The van der Waals surface area contributed by atoms with Crippen molar-refractivity contribution in [3.05, 3.63) is 23.3 Å². The molecule has 110 valence electrons. The molecule has 6 heteroatoms. The van der Waals surface area contributed by atoms with E-state index in [0.717, 1.165) is 22.4 Å². The van der Waals surface area contributed by atoms with Crippen molar-refractivity contribution in [3.63, 3.8) is 0 Å². The van der Waals surface area contributed by atoms with Gasteiger partial charge in [0.15, 0.2) is 0 Å². The lowest BCUT2D eigenvalue weighted by molar-refractivity contribution is 0.251. The number of guanidine groups is 1. The number of rotatable bonds is 4. The van der Waals surface area contributed by atoms with Crippen LogP contribution in [0.15, 0.2) is 12.1 Å².